The predicted molar refractivity (Wildman–Crippen MR) is 74.6 cm³/mol. The van der Waals surface area contributed by atoms with E-state index >= 15 is 0 Å². The van der Waals surface area contributed by atoms with E-state index in [1.807, 2.05) is 13.8 Å². The Balaban J connectivity index is 1.94. The van der Waals surface area contributed by atoms with Gasteiger partial charge in [0, 0.05) is 20.3 Å². The lowest BCUT2D eigenvalue weighted by Crippen LogP contribution is -2.18. The molecule has 5 nitrogen and oxygen atoms in total. The fourth-order valence-corrected chi connectivity index (χ4v) is 2.18. The third-order valence-electron chi connectivity index (χ3n) is 3.74. The van der Waals surface area contributed by atoms with Gasteiger partial charge in [0.15, 0.2) is 0 Å². The Kier molecular flexibility index (Phi) is 4.58. The molecule has 1 fully saturated rings. The first-order valence-electron chi connectivity index (χ1n) is 6.88. The molecule has 0 amide bonds. The van der Waals surface area contributed by atoms with Crippen molar-refractivity contribution in [1.29, 1.82) is 0 Å². The second-order valence-electron chi connectivity index (χ2n) is 5.18. The van der Waals surface area contributed by atoms with Crippen LogP contribution in [0.5, 0.6) is 5.88 Å². The SMILES string of the molecule is CCOc1ncnc(NCC2(CCOC)CC2)c1C. The largest absolute Gasteiger partial charge is 0.478 e. The number of rotatable bonds is 8. The van der Waals surface area contributed by atoms with Gasteiger partial charge in [0.2, 0.25) is 5.88 Å². The molecule has 0 atom stereocenters. The van der Waals surface area contributed by atoms with Crippen molar-refractivity contribution in [2.75, 3.05) is 32.2 Å². The second-order valence-corrected chi connectivity index (χ2v) is 5.18. The minimum Gasteiger partial charge on any atom is -0.478 e. The highest BCUT2D eigenvalue weighted by atomic mass is 16.5. The minimum absolute atomic E-state index is 0.402. The van der Waals surface area contributed by atoms with Crippen LogP contribution in [0.4, 0.5) is 5.82 Å². The summed E-state index contributed by atoms with van der Waals surface area (Å²) in [4.78, 5) is 8.44. The van der Waals surface area contributed by atoms with Gasteiger partial charge in [-0.25, -0.2) is 9.97 Å². The van der Waals surface area contributed by atoms with Crippen molar-refractivity contribution in [2.45, 2.75) is 33.1 Å². The van der Waals surface area contributed by atoms with Crippen LogP contribution in [0.15, 0.2) is 6.33 Å². The summed E-state index contributed by atoms with van der Waals surface area (Å²) in [7, 11) is 1.76. The first-order valence-corrected chi connectivity index (χ1v) is 6.88. The average molecular weight is 265 g/mol. The van der Waals surface area contributed by atoms with E-state index in [1.165, 1.54) is 12.8 Å². The van der Waals surface area contributed by atoms with E-state index in [1.54, 1.807) is 13.4 Å². The van der Waals surface area contributed by atoms with E-state index in [-0.39, 0.29) is 0 Å². The Labute approximate surface area is 114 Å². The smallest absolute Gasteiger partial charge is 0.221 e. The molecule has 1 aliphatic rings. The van der Waals surface area contributed by atoms with Crippen LogP contribution in [0.25, 0.3) is 0 Å². The van der Waals surface area contributed by atoms with E-state index < -0.39 is 0 Å². The number of nitrogens with one attached hydrogen (secondary N) is 1. The summed E-state index contributed by atoms with van der Waals surface area (Å²) >= 11 is 0. The highest BCUT2D eigenvalue weighted by Crippen LogP contribution is 2.48. The number of ether oxygens (including phenoxy) is 2. The van der Waals surface area contributed by atoms with Crippen LogP contribution in [0.1, 0.15) is 31.7 Å². The van der Waals surface area contributed by atoms with Gasteiger partial charge >= 0.3 is 0 Å². The number of aromatic nitrogens is 2. The van der Waals surface area contributed by atoms with Crippen LogP contribution in [0.3, 0.4) is 0 Å². The predicted octanol–water partition coefficient (Wildman–Crippen LogP) is 2.41. The quantitative estimate of drug-likeness (QED) is 0.782. The molecule has 1 N–H and O–H groups in total. The summed E-state index contributed by atoms with van der Waals surface area (Å²) < 4.78 is 10.6. The fraction of sp³-hybridized carbons (Fsp3) is 0.714. The van der Waals surface area contributed by atoms with Crippen molar-refractivity contribution < 1.29 is 9.47 Å². The van der Waals surface area contributed by atoms with Crippen LogP contribution in [0.2, 0.25) is 0 Å². The van der Waals surface area contributed by atoms with E-state index in [0.29, 0.717) is 17.9 Å². The molecule has 0 aromatic carbocycles. The molecule has 5 heteroatoms. The van der Waals surface area contributed by atoms with Crippen LogP contribution < -0.4 is 10.1 Å². The lowest BCUT2D eigenvalue weighted by Gasteiger charge is -2.17. The summed E-state index contributed by atoms with van der Waals surface area (Å²) in [6, 6.07) is 0. The Morgan fingerprint density at radius 3 is 2.79 bits per heavy atom. The summed E-state index contributed by atoms with van der Waals surface area (Å²) in [6.45, 7) is 6.34. The normalized spacial score (nSPS) is 16.2. The molecule has 0 spiro atoms. The maximum atomic E-state index is 5.48. The molecule has 1 saturated carbocycles. The van der Waals surface area contributed by atoms with E-state index in [9.17, 15) is 0 Å². The molecule has 1 aromatic rings. The monoisotopic (exact) mass is 265 g/mol. The van der Waals surface area contributed by atoms with Crippen molar-refractivity contribution in [2.24, 2.45) is 5.41 Å². The zero-order valence-corrected chi connectivity index (χ0v) is 12.0. The van der Waals surface area contributed by atoms with Crippen LogP contribution >= 0.6 is 0 Å². The van der Waals surface area contributed by atoms with Gasteiger partial charge in [-0.05, 0) is 38.5 Å². The number of anilines is 1. The summed E-state index contributed by atoms with van der Waals surface area (Å²) in [5.41, 5.74) is 1.38. The molecule has 1 heterocycles. The van der Waals surface area contributed by atoms with Crippen molar-refractivity contribution in [1.82, 2.24) is 9.97 Å². The minimum atomic E-state index is 0.402. The zero-order chi connectivity index (χ0) is 13.7. The summed E-state index contributed by atoms with van der Waals surface area (Å²) in [6.07, 6.45) is 5.20. The number of hydrogen-bond acceptors (Lipinski definition) is 5. The van der Waals surface area contributed by atoms with Crippen molar-refractivity contribution in [3.8, 4) is 5.88 Å². The molecule has 1 aliphatic carbocycles. The third-order valence-corrected chi connectivity index (χ3v) is 3.74. The maximum Gasteiger partial charge on any atom is 0.221 e. The first kappa shape index (κ1) is 14.1. The number of nitrogens with zero attached hydrogens (tertiary/aromatic N) is 2. The van der Waals surface area contributed by atoms with E-state index in [4.69, 9.17) is 9.47 Å². The van der Waals surface area contributed by atoms with Crippen LogP contribution in [0, 0.1) is 12.3 Å². The van der Waals surface area contributed by atoms with Gasteiger partial charge in [-0.1, -0.05) is 0 Å². The van der Waals surface area contributed by atoms with Gasteiger partial charge in [0.05, 0.1) is 12.2 Å². The molecule has 19 heavy (non-hydrogen) atoms. The average Bonchev–Trinajstić information content (AvgIpc) is 3.18. The first-order chi connectivity index (χ1) is 9.21. The zero-order valence-electron chi connectivity index (χ0n) is 12.0. The van der Waals surface area contributed by atoms with E-state index in [0.717, 1.165) is 31.0 Å². The highest BCUT2D eigenvalue weighted by Gasteiger charge is 2.41. The van der Waals surface area contributed by atoms with Gasteiger partial charge in [-0.3, -0.25) is 0 Å². The van der Waals surface area contributed by atoms with Gasteiger partial charge in [-0.15, -0.1) is 0 Å². The molecule has 0 saturated heterocycles. The number of methoxy groups -OCH3 is 1. The van der Waals surface area contributed by atoms with Crippen molar-refractivity contribution in [3.63, 3.8) is 0 Å². The maximum absolute atomic E-state index is 5.48. The number of hydrogen-bond donors (Lipinski definition) is 1. The molecular weight excluding hydrogens is 242 g/mol. The molecule has 0 unspecified atom stereocenters. The molecule has 0 aliphatic heterocycles. The molecule has 0 radical (unpaired) electrons. The lowest BCUT2D eigenvalue weighted by atomic mass is 10.0. The molecular formula is C14H23N3O2. The second kappa shape index (κ2) is 6.19. The van der Waals surface area contributed by atoms with Crippen LogP contribution in [-0.4, -0.2) is 36.8 Å². The lowest BCUT2D eigenvalue weighted by molar-refractivity contribution is 0.175. The van der Waals surface area contributed by atoms with Crippen molar-refractivity contribution in [3.05, 3.63) is 11.9 Å². The Hall–Kier alpha value is -1.36. The third kappa shape index (κ3) is 3.56. The van der Waals surface area contributed by atoms with E-state index in [2.05, 4.69) is 15.3 Å². The highest BCUT2D eigenvalue weighted by molar-refractivity contribution is 5.47. The molecule has 2 rings (SSSR count). The summed E-state index contributed by atoms with van der Waals surface area (Å²) in [5, 5.41) is 3.44. The Morgan fingerprint density at radius 1 is 1.37 bits per heavy atom. The standard InChI is InChI=1S/C14H23N3O2/c1-4-19-13-11(2)12(16-10-17-13)15-9-14(5-6-14)7-8-18-3/h10H,4-9H2,1-3H3,(H,15,16,17). The Morgan fingerprint density at radius 2 is 2.16 bits per heavy atom. The fourth-order valence-electron chi connectivity index (χ4n) is 2.18. The van der Waals surface area contributed by atoms with Gasteiger partial charge in [0.25, 0.3) is 0 Å². The molecule has 106 valence electrons. The van der Waals surface area contributed by atoms with Gasteiger partial charge in [-0.2, -0.15) is 0 Å². The topological polar surface area (TPSA) is 56.3 Å². The summed E-state index contributed by atoms with van der Waals surface area (Å²) in [5.74, 6) is 1.55. The van der Waals surface area contributed by atoms with Crippen molar-refractivity contribution >= 4 is 5.82 Å². The van der Waals surface area contributed by atoms with Crippen LogP contribution in [-0.2, 0) is 4.74 Å². The molecule has 1 aromatic heterocycles. The Bertz CT molecular complexity index is 419. The molecule has 0 bridgehead atoms. The van der Waals surface area contributed by atoms with Gasteiger partial charge in [0.1, 0.15) is 12.1 Å². The van der Waals surface area contributed by atoms with Gasteiger partial charge < -0.3 is 14.8 Å².